The first kappa shape index (κ1) is 18.6. The van der Waals surface area contributed by atoms with Crippen LogP contribution in [0.3, 0.4) is 0 Å². The number of amides is 3. The van der Waals surface area contributed by atoms with Crippen molar-refractivity contribution < 1.29 is 9.59 Å². The normalized spacial score (nSPS) is 10.5. The minimum absolute atomic E-state index is 0.208. The average Bonchev–Trinajstić information content (AvgIpc) is 3.12. The van der Waals surface area contributed by atoms with Gasteiger partial charge in [0.2, 0.25) is 0 Å². The van der Waals surface area contributed by atoms with Crippen molar-refractivity contribution >= 4 is 50.0 Å². The van der Waals surface area contributed by atoms with Crippen molar-refractivity contribution in [3.05, 3.63) is 83.9 Å². The van der Waals surface area contributed by atoms with E-state index in [-0.39, 0.29) is 11.9 Å². The number of thiazole rings is 1. The summed E-state index contributed by atoms with van der Waals surface area (Å²) in [6.45, 7) is 1.99. The van der Waals surface area contributed by atoms with Crippen molar-refractivity contribution in [2.75, 3.05) is 16.0 Å². The van der Waals surface area contributed by atoms with Crippen LogP contribution < -0.4 is 16.0 Å². The summed E-state index contributed by atoms with van der Waals surface area (Å²) in [5.41, 5.74) is 3.82. The van der Waals surface area contributed by atoms with Crippen LogP contribution in [0.15, 0.2) is 72.8 Å². The van der Waals surface area contributed by atoms with Crippen LogP contribution in [0.25, 0.3) is 10.2 Å². The number of aromatic nitrogens is 1. The van der Waals surface area contributed by atoms with E-state index in [2.05, 4.69) is 20.9 Å². The number of hydrogen-bond acceptors (Lipinski definition) is 4. The number of nitrogens with zero attached hydrogens (tertiary/aromatic N) is 1. The molecule has 144 valence electrons. The summed E-state index contributed by atoms with van der Waals surface area (Å²) in [4.78, 5) is 28.9. The number of carbonyl (C=O) groups excluding carboxylic acids is 2. The van der Waals surface area contributed by atoms with E-state index < -0.39 is 0 Å². The molecular weight excluding hydrogens is 384 g/mol. The summed E-state index contributed by atoms with van der Waals surface area (Å²) in [5, 5.41) is 8.93. The fourth-order valence-electron chi connectivity index (χ4n) is 2.74. The van der Waals surface area contributed by atoms with Crippen molar-refractivity contribution in [3.8, 4) is 0 Å². The van der Waals surface area contributed by atoms with Gasteiger partial charge in [-0.2, -0.15) is 0 Å². The van der Waals surface area contributed by atoms with E-state index in [4.69, 9.17) is 0 Å². The molecule has 0 atom stereocenters. The summed E-state index contributed by atoms with van der Waals surface area (Å²) in [6.07, 6.45) is 0. The van der Waals surface area contributed by atoms with Crippen LogP contribution in [0.2, 0.25) is 0 Å². The van der Waals surface area contributed by atoms with E-state index in [1.54, 1.807) is 18.2 Å². The van der Waals surface area contributed by atoms with Gasteiger partial charge >= 0.3 is 6.03 Å². The van der Waals surface area contributed by atoms with E-state index in [0.717, 1.165) is 21.5 Å². The molecule has 6 nitrogen and oxygen atoms in total. The molecule has 4 rings (SSSR count). The lowest BCUT2D eigenvalue weighted by molar-refractivity contribution is 0.102. The van der Waals surface area contributed by atoms with Crippen LogP contribution in [0, 0.1) is 6.92 Å². The van der Waals surface area contributed by atoms with E-state index in [1.165, 1.54) is 11.3 Å². The molecule has 1 aromatic heterocycles. The summed E-state index contributed by atoms with van der Waals surface area (Å²) in [5.74, 6) is -0.208. The van der Waals surface area contributed by atoms with E-state index in [0.29, 0.717) is 16.4 Å². The van der Waals surface area contributed by atoms with Gasteiger partial charge in [-0.05, 0) is 49.4 Å². The lowest BCUT2D eigenvalue weighted by Crippen LogP contribution is -2.19. The highest BCUT2D eigenvalue weighted by atomic mass is 32.1. The zero-order chi connectivity index (χ0) is 20.2. The van der Waals surface area contributed by atoms with E-state index in [1.807, 2.05) is 61.5 Å². The van der Waals surface area contributed by atoms with Crippen molar-refractivity contribution in [2.45, 2.75) is 6.92 Å². The second-order valence-corrected chi connectivity index (χ2v) is 7.50. The summed E-state index contributed by atoms with van der Waals surface area (Å²) in [7, 11) is 0. The predicted octanol–water partition coefficient (Wildman–Crippen LogP) is 5.50. The molecule has 4 aromatic rings. The highest BCUT2D eigenvalue weighted by molar-refractivity contribution is 7.22. The summed E-state index contributed by atoms with van der Waals surface area (Å²) < 4.78 is 0.862. The number of fused-ring (bicyclic) bond motifs is 1. The Labute approximate surface area is 171 Å². The highest BCUT2D eigenvalue weighted by Gasteiger charge is 2.11. The fraction of sp³-hybridized carbons (Fsp3) is 0.0455. The lowest BCUT2D eigenvalue weighted by Gasteiger charge is -2.07. The molecule has 0 aliphatic rings. The van der Waals surface area contributed by atoms with Gasteiger partial charge in [0.25, 0.3) is 5.91 Å². The molecule has 1 heterocycles. The van der Waals surface area contributed by atoms with Gasteiger partial charge < -0.3 is 10.6 Å². The van der Waals surface area contributed by atoms with Gasteiger partial charge in [-0.1, -0.05) is 47.2 Å². The van der Waals surface area contributed by atoms with Gasteiger partial charge in [-0.25, -0.2) is 9.78 Å². The Bertz CT molecular complexity index is 1170. The van der Waals surface area contributed by atoms with Gasteiger partial charge in [0.15, 0.2) is 5.13 Å². The number of hydrogen-bond donors (Lipinski definition) is 3. The first-order valence-electron chi connectivity index (χ1n) is 8.98. The minimum Gasteiger partial charge on any atom is -0.308 e. The molecule has 7 heteroatoms. The third-order valence-electron chi connectivity index (χ3n) is 4.21. The Morgan fingerprint density at radius 1 is 0.828 bits per heavy atom. The number of rotatable bonds is 4. The third-order valence-corrected chi connectivity index (χ3v) is 5.15. The summed E-state index contributed by atoms with van der Waals surface area (Å²) in [6, 6.07) is 21.6. The lowest BCUT2D eigenvalue weighted by atomic mass is 10.2. The van der Waals surface area contributed by atoms with Gasteiger partial charge in [-0.3, -0.25) is 10.1 Å². The number of nitrogens with one attached hydrogen (secondary N) is 3. The van der Waals surface area contributed by atoms with Crippen LogP contribution in [0.5, 0.6) is 0 Å². The van der Waals surface area contributed by atoms with Crippen molar-refractivity contribution in [3.63, 3.8) is 0 Å². The quantitative estimate of drug-likeness (QED) is 0.421. The molecule has 0 aliphatic heterocycles. The molecule has 0 saturated carbocycles. The number of aryl methyl sites for hydroxylation is 1. The Morgan fingerprint density at radius 3 is 2.28 bits per heavy atom. The maximum Gasteiger partial charge on any atom is 0.323 e. The Morgan fingerprint density at radius 2 is 1.52 bits per heavy atom. The molecule has 0 saturated heterocycles. The first-order chi connectivity index (χ1) is 14.1. The second-order valence-electron chi connectivity index (χ2n) is 6.47. The van der Waals surface area contributed by atoms with E-state index >= 15 is 0 Å². The fourth-order valence-corrected chi connectivity index (χ4v) is 3.65. The second kappa shape index (κ2) is 8.12. The minimum atomic E-state index is -0.324. The molecule has 0 spiro atoms. The largest absolute Gasteiger partial charge is 0.323 e. The molecule has 3 aromatic carbocycles. The molecule has 0 bridgehead atoms. The van der Waals surface area contributed by atoms with Gasteiger partial charge in [0.1, 0.15) is 0 Å². The van der Waals surface area contributed by atoms with Crippen LogP contribution in [-0.4, -0.2) is 16.9 Å². The molecule has 0 unspecified atom stereocenters. The van der Waals surface area contributed by atoms with Crippen LogP contribution in [-0.2, 0) is 0 Å². The van der Waals surface area contributed by atoms with Crippen molar-refractivity contribution in [2.24, 2.45) is 0 Å². The molecule has 0 radical (unpaired) electrons. The van der Waals surface area contributed by atoms with Crippen molar-refractivity contribution in [1.29, 1.82) is 0 Å². The predicted molar refractivity (Wildman–Crippen MR) is 118 cm³/mol. The SMILES string of the molecule is Cc1ccc(NC(=O)Nc2ccc3nc(NC(=O)c4ccccc4)sc3c2)cc1. The maximum absolute atomic E-state index is 12.3. The smallest absolute Gasteiger partial charge is 0.308 e. The Hall–Kier alpha value is -3.71. The number of urea groups is 1. The molecular formula is C22H18N4O2S. The Balaban J connectivity index is 1.44. The third kappa shape index (κ3) is 4.59. The topological polar surface area (TPSA) is 83.1 Å². The molecule has 3 amide bonds. The number of carbonyl (C=O) groups is 2. The van der Waals surface area contributed by atoms with Crippen LogP contribution >= 0.6 is 11.3 Å². The first-order valence-corrected chi connectivity index (χ1v) is 9.80. The van der Waals surface area contributed by atoms with Crippen molar-refractivity contribution in [1.82, 2.24) is 4.98 Å². The number of benzene rings is 3. The number of anilines is 3. The Kier molecular flexibility index (Phi) is 5.22. The molecule has 0 fully saturated rings. The zero-order valence-electron chi connectivity index (χ0n) is 15.6. The highest BCUT2D eigenvalue weighted by Crippen LogP contribution is 2.28. The molecule has 3 N–H and O–H groups in total. The van der Waals surface area contributed by atoms with E-state index in [9.17, 15) is 9.59 Å². The maximum atomic E-state index is 12.3. The monoisotopic (exact) mass is 402 g/mol. The summed E-state index contributed by atoms with van der Waals surface area (Å²) >= 11 is 1.35. The van der Waals surface area contributed by atoms with Gasteiger partial charge in [-0.15, -0.1) is 0 Å². The van der Waals surface area contributed by atoms with Gasteiger partial charge in [0, 0.05) is 16.9 Å². The van der Waals surface area contributed by atoms with Gasteiger partial charge in [0.05, 0.1) is 10.2 Å². The average molecular weight is 402 g/mol. The standard InChI is InChI=1S/C22H18N4O2S/c1-14-7-9-16(10-8-14)23-21(28)24-17-11-12-18-19(13-17)29-22(25-18)26-20(27)15-5-3-2-4-6-15/h2-13H,1H3,(H2,23,24,28)(H,25,26,27). The zero-order valence-corrected chi connectivity index (χ0v) is 16.4. The molecule has 0 aliphatic carbocycles. The molecule has 29 heavy (non-hydrogen) atoms. The van der Waals surface area contributed by atoms with Crippen LogP contribution in [0.4, 0.5) is 21.3 Å². The van der Waals surface area contributed by atoms with Crippen LogP contribution in [0.1, 0.15) is 15.9 Å².